The van der Waals surface area contributed by atoms with Gasteiger partial charge in [0, 0.05) is 5.92 Å². The van der Waals surface area contributed by atoms with Crippen molar-refractivity contribution >= 4 is 11.9 Å². The average molecular weight is 548 g/mol. The van der Waals surface area contributed by atoms with Crippen LogP contribution < -0.4 is 0 Å². The molecule has 0 aliphatic heterocycles. The third-order valence-electron chi connectivity index (χ3n) is 8.62. The zero-order valence-electron chi connectivity index (χ0n) is 26.0. The molecule has 4 atom stereocenters. The van der Waals surface area contributed by atoms with Crippen molar-refractivity contribution in [3.8, 4) is 0 Å². The fourth-order valence-corrected chi connectivity index (χ4v) is 6.25. The lowest BCUT2D eigenvalue weighted by Gasteiger charge is -2.46. The topological polar surface area (TPSA) is 55.8 Å². The lowest BCUT2D eigenvalue weighted by atomic mass is 9.64. The summed E-state index contributed by atoms with van der Waals surface area (Å²) in [7, 11) is 3.78. The summed E-state index contributed by atoms with van der Waals surface area (Å²) >= 11 is 0. The number of carbonyl (C=O) groups excluding carboxylic acids is 2. The van der Waals surface area contributed by atoms with E-state index in [9.17, 15) is 9.59 Å². The van der Waals surface area contributed by atoms with E-state index in [1.165, 1.54) is 5.56 Å². The molecule has 5 nitrogen and oxygen atoms in total. The molecule has 0 bridgehead atoms. The predicted molar refractivity (Wildman–Crippen MR) is 162 cm³/mol. The summed E-state index contributed by atoms with van der Waals surface area (Å²) in [6.45, 7) is 18.3. The largest absolute Gasteiger partial charge is 0.460 e. The average Bonchev–Trinajstić information content (AvgIpc) is 2.87. The van der Waals surface area contributed by atoms with E-state index in [1.807, 2.05) is 58.8 Å². The molecule has 1 aliphatic rings. The Morgan fingerprint density at radius 2 is 1.68 bits per heavy atom. The van der Waals surface area contributed by atoms with Gasteiger partial charge in [-0.15, -0.1) is 6.58 Å². The highest BCUT2D eigenvalue weighted by Gasteiger charge is 2.48. The van der Waals surface area contributed by atoms with E-state index in [0.29, 0.717) is 17.9 Å². The molecule has 0 unspecified atom stereocenters. The van der Waals surface area contributed by atoms with Gasteiger partial charge >= 0.3 is 11.9 Å². The molecule has 218 valence electrons. The number of esters is 2. The fraction of sp³-hybridized carbons (Fsp3) is 0.543. The molecule has 1 aliphatic carbocycles. The van der Waals surface area contributed by atoms with Crippen molar-refractivity contribution in [3.05, 3.63) is 83.4 Å². The Labute approximate surface area is 241 Å². The third kappa shape index (κ3) is 6.68. The summed E-state index contributed by atoms with van der Waals surface area (Å²) < 4.78 is 12.3. The summed E-state index contributed by atoms with van der Waals surface area (Å²) in [5.74, 6) is -0.0900. The van der Waals surface area contributed by atoms with Crippen molar-refractivity contribution in [1.82, 2.24) is 4.90 Å². The Morgan fingerprint density at radius 3 is 2.25 bits per heavy atom. The highest BCUT2D eigenvalue weighted by atomic mass is 16.6. The van der Waals surface area contributed by atoms with Crippen molar-refractivity contribution in [1.29, 1.82) is 0 Å². The Balaban J connectivity index is 2.06. The molecule has 1 saturated carbocycles. The summed E-state index contributed by atoms with van der Waals surface area (Å²) in [6, 6.07) is 16.0. The van der Waals surface area contributed by atoms with Gasteiger partial charge in [-0.25, -0.2) is 9.59 Å². The van der Waals surface area contributed by atoms with E-state index in [1.54, 1.807) is 18.2 Å². The second-order valence-corrected chi connectivity index (χ2v) is 13.3. The standard InChI is InChI=1S/C35H49NO4/c1-11-21-35(36(9)10,29-23-26(19-18-25(29)3)31(37)40-33(4,5)6)32(38)39-30-22-24(2)17-20-28(30)34(7,8)27-15-13-12-14-16-27/h11-16,18-19,23-24,28,30H,1,17,20-22H2,2-10H3/t24-,28-,30+,35-/m1/s1. The molecule has 0 N–H and O–H groups in total. The van der Waals surface area contributed by atoms with Gasteiger partial charge in [0.05, 0.1) is 5.56 Å². The maximum atomic E-state index is 14.5. The van der Waals surface area contributed by atoms with E-state index >= 15 is 0 Å². The molecule has 0 radical (unpaired) electrons. The molecule has 0 saturated heterocycles. The van der Waals surface area contributed by atoms with E-state index < -0.39 is 17.1 Å². The van der Waals surface area contributed by atoms with Crippen molar-refractivity contribution in [3.63, 3.8) is 0 Å². The first kappa shape index (κ1) is 31.6. The maximum Gasteiger partial charge on any atom is 0.338 e. The molecule has 3 rings (SSSR count). The molecular formula is C35H49NO4. The number of rotatable bonds is 9. The Kier molecular flexibility index (Phi) is 9.72. The highest BCUT2D eigenvalue weighted by Crippen LogP contribution is 2.45. The number of carbonyl (C=O) groups is 2. The second-order valence-electron chi connectivity index (χ2n) is 13.3. The van der Waals surface area contributed by atoms with Crippen LogP contribution in [0.25, 0.3) is 0 Å². The van der Waals surface area contributed by atoms with Crippen molar-refractivity contribution < 1.29 is 19.1 Å². The van der Waals surface area contributed by atoms with Crippen LogP contribution >= 0.6 is 0 Å². The van der Waals surface area contributed by atoms with E-state index in [-0.39, 0.29) is 23.4 Å². The molecule has 0 amide bonds. The maximum absolute atomic E-state index is 14.5. The smallest absolute Gasteiger partial charge is 0.338 e. The van der Waals surface area contributed by atoms with Gasteiger partial charge in [-0.2, -0.15) is 0 Å². The first-order valence-corrected chi connectivity index (χ1v) is 14.5. The van der Waals surface area contributed by atoms with Gasteiger partial charge in [0.15, 0.2) is 0 Å². The van der Waals surface area contributed by atoms with E-state index in [4.69, 9.17) is 9.47 Å². The molecule has 2 aromatic carbocycles. The van der Waals surface area contributed by atoms with Crippen LogP contribution in [0.5, 0.6) is 0 Å². The fourth-order valence-electron chi connectivity index (χ4n) is 6.25. The van der Waals surface area contributed by atoms with Crippen molar-refractivity contribution in [2.45, 2.75) is 96.8 Å². The summed E-state index contributed by atoms with van der Waals surface area (Å²) in [4.78, 5) is 29.4. The van der Waals surface area contributed by atoms with Gasteiger partial charge < -0.3 is 9.47 Å². The van der Waals surface area contributed by atoms with E-state index in [2.05, 4.69) is 51.6 Å². The van der Waals surface area contributed by atoms with Gasteiger partial charge in [0.1, 0.15) is 17.2 Å². The van der Waals surface area contributed by atoms with E-state index in [0.717, 1.165) is 30.4 Å². The summed E-state index contributed by atoms with van der Waals surface area (Å²) in [5.41, 5.74) is 1.35. The molecule has 1 fully saturated rings. The monoisotopic (exact) mass is 547 g/mol. The Morgan fingerprint density at radius 1 is 1.02 bits per heavy atom. The molecule has 0 heterocycles. The molecule has 0 spiro atoms. The minimum atomic E-state index is -1.15. The SMILES string of the molecule is C=CC[C@](C(=O)O[C@H]1C[C@H](C)CC[C@H]1C(C)(C)c1ccccc1)(c1cc(C(=O)OC(C)(C)C)ccc1C)N(C)C. The van der Waals surface area contributed by atoms with Crippen LogP contribution in [0.15, 0.2) is 61.2 Å². The number of likely N-dealkylation sites (N-methyl/N-ethyl adjacent to an activating group) is 1. The zero-order valence-corrected chi connectivity index (χ0v) is 26.0. The van der Waals surface area contributed by atoms with Crippen LogP contribution in [0.1, 0.15) is 94.3 Å². The predicted octanol–water partition coefficient (Wildman–Crippen LogP) is 7.61. The molecule has 40 heavy (non-hydrogen) atoms. The van der Waals surface area contributed by atoms with Crippen LogP contribution in [0, 0.1) is 18.8 Å². The Bertz CT molecular complexity index is 1190. The van der Waals surface area contributed by atoms with Crippen LogP contribution in [-0.2, 0) is 25.2 Å². The minimum Gasteiger partial charge on any atom is -0.460 e. The number of benzene rings is 2. The molecule has 5 heteroatoms. The van der Waals surface area contributed by atoms with Crippen LogP contribution in [0.4, 0.5) is 0 Å². The molecule has 2 aromatic rings. The summed E-state index contributed by atoms with van der Waals surface area (Å²) in [5, 5.41) is 0. The zero-order chi connectivity index (χ0) is 29.9. The summed E-state index contributed by atoms with van der Waals surface area (Å²) in [6.07, 6.45) is 4.79. The quantitative estimate of drug-likeness (QED) is 0.239. The van der Waals surface area contributed by atoms with Gasteiger partial charge in [0.2, 0.25) is 0 Å². The Hall–Kier alpha value is -2.92. The molecular weight excluding hydrogens is 498 g/mol. The van der Waals surface area contributed by atoms with Gasteiger partial charge in [0.25, 0.3) is 0 Å². The van der Waals surface area contributed by atoms with Gasteiger partial charge in [-0.1, -0.05) is 69.7 Å². The highest BCUT2D eigenvalue weighted by molar-refractivity contribution is 5.91. The first-order chi connectivity index (χ1) is 18.6. The van der Waals surface area contributed by atoms with Crippen molar-refractivity contribution in [2.75, 3.05) is 14.1 Å². The number of ether oxygens (including phenoxy) is 2. The van der Waals surface area contributed by atoms with Gasteiger partial charge in [-0.05, 0) is 101 Å². The number of nitrogens with zero attached hydrogens (tertiary/aromatic N) is 1. The third-order valence-corrected chi connectivity index (χ3v) is 8.62. The van der Waals surface area contributed by atoms with Crippen LogP contribution in [0.2, 0.25) is 0 Å². The van der Waals surface area contributed by atoms with Gasteiger partial charge in [-0.3, -0.25) is 4.90 Å². The van der Waals surface area contributed by atoms with Crippen molar-refractivity contribution in [2.24, 2.45) is 11.8 Å². The lowest BCUT2D eigenvalue weighted by molar-refractivity contribution is -0.171. The first-order valence-electron chi connectivity index (χ1n) is 14.5. The van der Waals surface area contributed by atoms with Crippen LogP contribution in [-0.4, -0.2) is 42.6 Å². The second kappa shape index (κ2) is 12.3. The molecule has 0 aromatic heterocycles. The number of aryl methyl sites for hydroxylation is 1. The lowest BCUT2D eigenvalue weighted by Crippen LogP contribution is -2.52. The minimum absolute atomic E-state index is 0.169. The van der Waals surface area contributed by atoms with Crippen LogP contribution in [0.3, 0.4) is 0 Å². The normalized spacial score (nSPS) is 21.4. The number of hydrogen-bond donors (Lipinski definition) is 0. The number of hydrogen-bond acceptors (Lipinski definition) is 5.